The van der Waals surface area contributed by atoms with Crippen molar-refractivity contribution in [2.75, 3.05) is 0 Å². The second-order valence-corrected chi connectivity index (χ2v) is 7.12. The van der Waals surface area contributed by atoms with Crippen LogP contribution >= 0.6 is 11.6 Å². The number of hydrogen-bond donors (Lipinski definition) is 2. The minimum Gasteiger partial charge on any atom is -0.342 e. The van der Waals surface area contributed by atoms with Crippen molar-refractivity contribution in [2.45, 2.75) is 45.6 Å². The lowest BCUT2D eigenvalue weighted by atomic mass is 9.61. The molecule has 0 aliphatic heterocycles. The van der Waals surface area contributed by atoms with Gasteiger partial charge in [0.15, 0.2) is 0 Å². The maximum absolute atomic E-state index is 6.24. The van der Waals surface area contributed by atoms with Gasteiger partial charge in [-0.25, -0.2) is 4.98 Å². The number of aromatic amines is 1. The predicted octanol–water partition coefficient (Wildman–Crippen LogP) is 4.08. The molecule has 3 atom stereocenters. The number of nitrogens with one attached hydrogen (secondary N) is 1. The van der Waals surface area contributed by atoms with Gasteiger partial charge in [0.05, 0.1) is 11.0 Å². The Hall–Kier alpha value is -1.06. The number of halogens is 1. The molecule has 3 rings (SSSR count). The average molecular weight is 292 g/mol. The molecule has 0 bridgehead atoms. The molecule has 20 heavy (non-hydrogen) atoms. The van der Waals surface area contributed by atoms with Gasteiger partial charge in [0, 0.05) is 17.0 Å². The van der Waals surface area contributed by atoms with Gasteiger partial charge in [0.1, 0.15) is 5.82 Å². The first-order valence-electron chi connectivity index (χ1n) is 7.30. The summed E-state index contributed by atoms with van der Waals surface area (Å²) in [5, 5.41) is 0.742. The minimum atomic E-state index is 0.148. The van der Waals surface area contributed by atoms with Crippen LogP contribution in [0.4, 0.5) is 0 Å². The van der Waals surface area contributed by atoms with E-state index in [-0.39, 0.29) is 5.41 Å². The highest BCUT2D eigenvalue weighted by Crippen LogP contribution is 2.49. The Morgan fingerprint density at radius 3 is 2.85 bits per heavy atom. The van der Waals surface area contributed by atoms with E-state index in [2.05, 4.69) is 25.8 Å². The second-order valence-electron chi connectivity index (χ2n) is 6.69. The van der Waals surface area contributed by atoms with Crippen LogP contribution in [0.3, 0.4) is 0 Å². The van der Waals surface area contributed by atoms with Crippen LogP contribution in [0.2, 0.25) is 5.02 Å². The fourth-order valence-electron chi connectivity index (χ4n) is 3.51. The van der Waals surface area contributed by atoms with Gasteiger partial charge in [-0.3, -0.25) is 0 Å². The number of imidazole rings is 1. The Labute approximate surface area is 124 Å². The molecule has 0 spiro atoms. The first-order valence-corrected chi connectivity index (χ1v) is 7.68. The maximum atomic E-state index is 6.24. The zero-order valence-corrected chi connectivity index (χ0v) is 13.0. The molecule has 4 heteroatoms. The summed E-state index contributed by atoms with van der Waals surface area (Å²) >= 11 is 6.05. The zero-order chi connectivity index (χ0) is 14.5. The molecule has 108 valence electrons. The Morgan fingerprint density at radius 2 is 2.10 bits per heavy atom. The van der Waals surface area contributed by atoms with Gasteiger partial charge in [0.2, 0.25) is 0 Å². The maximum Gasteiger partial charge on any atom is 0.110 e. The van der Waals surface area contributed by atoms with Crippen LogP contribution in [0.5, 0.6) is 0 Å². The van der Waals surface area contributed by atoms with Crippen molar-refractivity contribution in [3.63, 3.8) is 0 Å². The van der Waals surface area contributed by atoms with Gasteiger partial charge < -0.3 is 10.7 Å². The number of nitrogens with two attached hydrogens (primary N) is 1. The highest BCUT2D eigenvalue weighted by molar-refractivity contribution is 6.31. The summed E-state index contributed by atoms with van der Waals surface area (Å²) in [6.45, 7) is 6.87. The normalized spacial score (nSPS) is 29.8. The third kappa shape index (κ3) is 2.13. The summed E-state index contributed by atoms with van der Waals surface area (Å²) in [6, 6.07) is 6.10. The molecule has 2 aromatic rings. The third-order valence-electron chi connectivity index (χ3n) is 5.29. The van der Waals surface area contributed by atoms with E-state index in [1.54, 1.807) is 0 Å². The van der Waals surface area contributed by atoms with Crippen LogP contribution in [-0.2, 0) is 0 Å². The molecule has 1 saturated carbocycles. The Morgan fingerprint density at radius 1 is 1.35 bits per heavy atom. The number of H-pyrrole nitrogens is 1. The van der Waals surface area contributed by atoms with E-state index in [0.717, 1.165) is 34.7 Å². The second kappa shape index (κ2) is 4.74. The standard InChI is InChI=1S/C16H22ClN3/c1-9-12(18)6-5-11(16(9,2)3)15-19-13-7-4-10(17)8-14(13)20-15/h4,7-9,11-12H,5-6,18H2,1-3H3,(H,19,20). The molecule has 1 aliphatic carbocycles. The van der Waals surface area contributed by atoms with Crippen LogP contribution in [-0.4, -0.2) is 16.0 Å². The monoisotopic (exact) mass is 291 g/mol. The largest absolute Gasteiger partial charge is 0.342 e. The minimum absolute atomic E-state index is 0.148. The van der Waals surface area contributed by atoms with E-state index in [9.17, 15) is 0 Å². The zero-order valence-electron chi connectivity index (χ0n) is 12.3. The molecule has 1 heterocycles. The molecule has 0 radical (unpaired) electrons. The van der Waals surface area contributed by atoms with Crippen molar-refractivity contribution in [3.05, 3.63) is 29.0 Å². The summed E-state index contributed by atoms with van der Waals surface area (Å²) in [7, 11) is 0. The van der Waals surface area contributed by atoms with Gasteiger partial charge in [-0.2, -0.15) is 0 Å². The van der Waals surface area contributed by atoms with Gasteiger partial charge >= 0.3 is 0 Å². The van der Waals surface area contributed by atoms with Crippen LogP contribution in [0.15, 0.2) is 18.2 Å². The molecule has 3 unspecified atom stereocenters. The van der Waals surface area contributed by atoms with E-state index in [1.807, 2.05) is 18.2 Å². The average Bonchev–Trinajstić information content (AvgIpc) is 2.78. The lowest BCUT2D eigenvalue weighted by molar-refractivity contribution is 0.0954. The SMILES string of the molecule is CC1C(N)CCC(c2nc3ccc(Cl)cc3[nH]2)C1(C)C. The first-order chi connectivity index (χ1) is 9.39. The van der Waals surface area contributed by atoms with E-state index in [4.69, 9.17) is 22.3 Å². The van der Waals surface area contributed by atoms with Crippen molar-refractivity contribution < 1.29 is 0 Å². The number of benzene rings is 1. The molecular formula is C16H22ClN3. The smallest absolute Gasteiger partial charge is 0.110 e. The molecule has 1 fully saturated rings. The van der Waals surface area contributed by atoms with Gasteiger partial charge in [-0.1, -0.05) is 32.4 Å². The summed E-state index contributed by atoms with van der Waals surface area (Å²) in [6.07, 6.45) is 2.15. The fraction of sp³-hybridized carbons (Fsp3) is 0.562. The topological polar surface area (TPSA) is 54.7 Å². The van der Waals surface area contributed by atoms with E-state index < -0.39 is 0 Å². The lowest BCUT2D eigenvalue weighted by Gasteiger charge is -2.46. The Kier molecular flexibility index (Phi) is 3.30. The molecule has 3 N–H and O–H groups in total. The lowest BCUT2D eigenvalue weighted by Crippen LogP contribution is -2.46. The van der Waals surface area contributed by atoms with E-state index in [0.29, 0.717) is 17.9 Å². The van der Waals surface area contributed by atoms with Crippen LogP contribution < -0.4 is 5.73 Å². The summed E-state index contributed by atoms with van der Waals surface area (Å²) < 4.78 is 0. The van der Waals surface area contributed by atoms with Crippen molar-refractivity contribution in [1.29, 1.82) is 0 Å². The Balaban J connectivity index is 2.01. The highest BCUT2D eigenvalue weighted by Gasteiger charge is 2.43. The van der Waals surface area contributed by atoms with Gasteiger partial charge in [0.25, 0.3) is 0 Å². The fourth-order valence-corrected chi connectivity index (χ4v) is 3.68. The molecule has 1 aromatic carbocycles. The van der Waals surface area contributed by atoms with Crippen LogP contribution in [0.25, 0.3) is 11.0 Å². The summed E-state index contributed by atoms with van der Waals surface area (Å²) in [4.78, 5) is 8.24. The number of aromatic nitrogens is 2. The van der Waals surface area contributed by atoms with E-state index in [1.165, 1.54) is 0 Å². The number of hydrogen-bond acceptors (Lipinski definition) is 2. The molecular weight excluding hydrogens is 270 g/mol. The van der Waals surface area contributed by atoms with Crippen molar-refractivity contribution in [3.8, 4) is 0 Å². The molecule has 1 aromatic heterocycles. The van der Waals surface area contributed by atoms with Crippen LogP contribution in [0.1, 0.15) is 45.4 Å². The summed E-state index contributed by atoms with van der Waals surface area (Å²) in [5.74, 6) is 1.98. The quantitative estimate of drug-likeness (QED) is 0.831. The number of fused-ring (bicyclic) bond motifs is 1. The predicted molar refractivity (Wildman–Crippen MR) is 84.0 cm³/mol. The highest BCUT2D eigenvalue weighted by atomic mass is 35.5. The van der Waals surface area contributed by atoms with Crippen LogP contribution in [0, 0.1) is 11.3 Å². The van der Waals surface area contributed by atoms with Crippen molar-refractivity contribution in [1.82, 2.24) is 9.97 Å². The molecule has 0 saturated heterocycles. The van der Waals surface area contributed by atoms with Crippen molar-refractivity contribution in [2.24, 2.45) is 17.1 Å². The number of nitrogens with zero attached hydrogens (tertiary/aromatic N) is 1. The third-order valence-corrected chi connectivity index (χ3v) is 5.53. The molecule has 0 amide bonds. The van der Waals surface area contributed by atoms with E-state index >= 15 is 0 Å². The van der Waals surface area contributed by atoms with Gasteiger partial charge in [-0.05, 0) is 42.4 Å². The summed E-state index contributed by atoms with van der Waals surface area (Å²) in [5.41, 5.74) is 8.40. The number of rotatable bonds is 1. The van der Waals surface area contributed by atoms with Crippen molar-refractivity contribution >= 4 is 22.6 Å². The first kappa shape index (κ1) is 13.9. The Bertz CT molecular complexity index is 632. The van der Waals surface area contributed by atoms with Gasteiger partial charge in [-0.15, -0.1) is 0 Å². The molecule has 1 aliphatic rings. The molecule has 3 nitrogen and oxygen atoms in total.